The van der Waals surface area contributed by atoms with Crippen molar-refractivity contribution in [1.29, 1.82) is 0 Å². The summed E-state index contributed by atoms with van der Waals surface area (Å²) in [5.74, 6) is 0. The van der Waals surface area contributed by atoms with Crippen molar-refractivity contribution in [3.63, 3.8) is 0 Å². The van der Waals surface area contributed by atoms with E-state index in [4.69, 9.17) is 0 Å². The van der Waals surface area contributed by atoms with Crippen LogP contribution in [-0.2, 0) is 0 Å². The Hall–Kier alpha value is -6.06. The molecule has 222 valence electrons. The molecule has 0 bridgehead atoms. The lowest BCUT2D eigenvalue weighted by molar-refractivity contribution is 1.17. The summed E-state index contributed by atoms with van der Waals surface area (Å²) in [7, 11) is 0. The Bertz CT molecular complexity index is 2110. The van der Waals surface area contributed by atoms with E-state index in [-0.39, 0.29) is 7.43 Å². The monoisotopic (exact) mass is 592 g/mol. The maximum atomic E-state index is 2.40. The smallest absolute Gasteiger partial charge is 0.0583 e. The van der Waals surface area contributed by atoms with Crippen molar-refractivity contribution in [2.45, 2.75) is 0 Å². The molecule has 1 aromatic heterocycles. The van der Waals surface area contributed by atoms with E-state index >= 15 is 0 Å². The zero-order valence-electron chi connectivity index (χ0n) is 25.7. The second-order valence-electron chi connectivity index (χ2n) is 11.1. The predicted molar refractivity (Wildman–Crippen MR) is 197 cm³/mol. The van der Waals surface area contributed by atoms with E-state index in [1.165, 1.54) is 16.3 Å². The minimum Gasteiger partial charge on any atom is -0.358 e. The number of anilines is 6. The van der Waals surface area contributed by atoms with Crippen LogP contribution in [0.5, 0.6) is 0 Å². The molecule has 0 spiro atoms. The zero-order valence-corrected chi connectivity index (χ0v) is 25.7. The van der Waals surface area contributed by atoms with Gasteiger partial charge in [0, 0.05) is 39.2 Å². The van der Waals surface area contributed by atoms with E-state index in [1.54, 1.807) is 0 Å². The highest BCUT2D eigenvalue weighted by Gasteiger charge is 2.24. The molecule has 0 aliphatic carbocycles. The molecule has 0 amide bonds. The Morgan fingerprint density at radius 2 is 0.761 bits per heavy atom. The molecule has 0 unspecified atom stereocenters. The Labute approximate surface area is 270 Å². The normalized spacial score (nSPS) is 10.9. The van der Waals surface area contributed by atoms with Gasteiger partial charge in [-0.1, -0.05) is 109 Å². The van der Waals surface area contributed by atoms with Gasteiger partial charge in [-0.2, -0.15) is 0 Å². The zero-order chi connectivity index (χ0) is 30.0. The van der Waals surface area contributed by atoms with Crippen molar-refractivity contribution >= 4 is 55.9 Å². The molecule has 8 rings (SSSR count). The Morgan fingerprint density at radius 3 is 1.26 bits per heavy atom. The van der Waals surface area contributed by atoms with E-state index in [0.29, 0.717) is 0 Å². The predicted octanol–water partition coefficient (Wildman–Crippen LogP) is 12.2. The summed E-state index contributed by atoms with van der Waals surface area (Å²) in [6, 6.07) is 66.7. The first kappa shape index (κ1) is 28.7. The number of hydrogen-bond donors (Lipinski definition) is 0. The van der Waals surface area contributed by atoms with Crippen LogP contribution in [0.3, 0.4) is 0 Å². The van der Waals surface area contributed by atoms with Crippen LogP contribution in [0, 0.1) is 7.43 Å². The van der Waals surface area contributed by atoms with Crippen LogP contribution < -0.4 is 9.80 Å². The van der Waals surface area contributed by atoms with Gasteiger partial charge in [-0.25, -0.2) is 0 Å². The third-order valence-electron chi connectivity index (χ3n) is 8.31. The first-order chi connectivity index (χ1) is 22.4. The molecule has 8 aromatic rings. The summed E-state index contributed by atoms with van der Waals surface area (Å²) in [6.45, 7) is 0. The molecule has 0 saturated carbocycles. The topological polar surface area (TPSA) is 11.4 Å². The fourth-order valence-electron chi connectivity index (χ4n) is 6.40. The van der Waals surface area contributed by atoms with Crippen LogP contribution >= 0.6 is 0 Å². The number of hydrogen-bond acceptors (Lipinski definition) is 2. The van der Waals surface area contributed by atoms with Crippen molar-refractivity contribution in [3.05, 3.63) is 195 Å². The van der Waals surface area contributed by atoms with E-state index in [2.05, 4.69) is 202 Å². The SMILES string of the molecule is [CH3-].c1ccc(N(c2ccccc2)c2cc(N(c3ccccc3)c3ccccc3)c3c4ccccc4n(-c4ccccc4)c3c2)cc1. The van der Waals surface area contributed by atoms with Crippen LogP contribution in [0.2, 0.25) is 0 Å². The van der Waals surface area contributed by atoms with Crippen molar-refractivity contribution in [3.8, 4) is 5.69 Å². The fraction of sp³-hybridized carbons (Fsp3) is 0. The molecular weight excluding hydrogens is 558 g/mol. The number of benzene rings is 7. The summed E-state index contributed by atoms with van der Waals surface area (Å²) in [5.41, 5.74) is 10.0. The molecule has 3 heteroatoms. The van der Waals surface area contributed by atoms with Gasteiger partial charge in [0.2, 0.25) is 0 Å². The van der Waals surface area contributed by atoms with Crippen molar-refractivity contribution < 1.29 is 0 Å². The average molecular weight is 593 g/mol. The van der Waals surface area contributed by atoms with Gasteiger partial charge in [0.25, 0.3) is 0 Å². The van der Waals surface area contributed by atoms with Gasteiger partial charge in [-0.15, -0.1) is 0 Å². The third kappa shape index (κ3) is 5.08. The van der Waals surface area contributed by atoms with Crippen molar-refractivity contribution in [1.82, 2.24) is 4.57 Å². The lowest BCUT2D eigenvalue weighted by Gasteiger charge is -2.30. The number of para-hydroxylation sites is 6. The largest absolute Gasteiger partial charge is 0.358 e. The molecule has 0 N–H and O–H groups in total. The highest BCUT2D eigenvalue weighted by molar-refractivity contribution is 6.18. The van der Waals surface area contributed by atoms with Gasteiger partial charge < -0.3 is 21.8 Å². The van der Waals surface area contributed by atoms with Crippen molar-refractivity contribution in [2.75, 3.05) is 9.80 Å². The van der Waals surface area contributed by atoms with Crippen LogP contribution in [0.1, 0.15) is 0 Å². The second-order valence-corrected chi connectivity index (χ2v) is 11.1. The number of aromatic nitrogens is 1. The van der Waals surface area contributed by atoms with E-state index in [9.17, 15) is 0 Å². The molecular formula is C43H34N3-. The van der Waals surface area contributed by atoms with Crippen LogP contribution in [0.25, 0.3) is 27.5 Å². The van der Waals surface area contributed by atoms with Gasteiger partial charge in [-0.05, 0) is 78.9 Å². The maximum absolute atomic E-state index is 2.40. The van der Waals surface area contributed by atoms with Gasteiger partial charge in [0.05, 0.1) is 22.4 Å². The number of rotatable bonds is 7. The summed E-state index contributed by atoms with van der Waals surface area (Å²) < 4.78 is 2.40. The molecule has 0 aliphatic heterocycles. The van der Waals surface area contributed by atoms with Crippen LogP contribution in [0.15, 0.2) is 188 Å². The molecule has 46 heavy (non-hydrogen) atoms. The highest BCUT2D eigenvalue weighted by Crippen LogP contribution is 2.47. The molecule has 0 fully saturated rings. The van der Waals surface area contributed by atoms with Gasteiger partial charge in [0.15, 0.2) is 0 Å². The fourth-order valence-corrected chi connectivity index (χ4v) is 6.40. The first-order valence-corrected chi connectivity index (χ1v) is 15.3. The Balaban J connectivity index is 0.00000338. The maximum Gasteiger partial charge on any atom is 0.0583 e. The number of fused-ring (bicyclic) bond motifs is 3. The number of nitrogens with zero attached hydrogens (tertiary/aromatic N) is 3. The molecule has 0 saturated heterocycles. The van der Waals surface area contributed by atoms with E-state index in [1.807, 2.05) is 0 Å². The molecule has 0 radical (unpaired) electrons. The summed E-state index contributed by atoms with van der Waals surface area (Å²) in [4.78, 5) is 4.74. The van der Waals surface area contributed by atoms with Crippen LogP contribution in [-0.4, -0.2) is 4.57 Å². The van der Waals surface area contributed by atoms with Crippen molar-refractivity contribution in [2.24, 2.45) is 0 Å². The summed E-state index contributed by atoms with van der Waals surface area (Å²) in [6.07, 6.45) is 0. The summed E-state index contributed by atoms with van der Waals surface area (Å²) in [5, 5.41) is 2.41. The standard InChI is InChI=1S/C42H31N3.CH3/c1-6-18-32(19-7-1)43(33-20-8-2-9-21-33)37-30-40(44(34-22-10-3-11-23-34)35-24-12-4-13-25-35)42-38-28-16-17-29-39(38)45(41(42)31-37)36-26-14-5-15-27-36;/h1-31H;1H3/q;-1. The average Bonchev–Trinajstić information content (AvgIpc) is 3.45. The van der Waals surface area contributed by atoms with Gasteiger partial charge in [-0.3, -0.25) is 0 Å². The third-order valence-corrected chi connectivity index (χ3v) is 8.31. The minimum atomic E-state index is 0. The second kappa shape index (κ2) is 12.5. The lowest BCUT2D eigenvalue weighted by Crippen LogP contribution is -2.14. The lowest BCUT2D eigenvalue weighted by atomic mass is 10.1. The minimum absolute atomic E-state index is 0. The highest BCUT2D eigenvalue weighted by atomic mass is 15.2. The molecule has 3 nitrogen and oxygen atoms in total. The molecule has 7 aromatic carbocycles. The van der Waals surface area contributed by atoms with Crippen LogP contribution in [0.4, 0.5) is 34.1 Å². The Kier molecular flexibility index (Phi) is 7.80. The van der Waals surface area contributed by atoms with E-state index < -0.39 is 0 Å². The molecule has 1 heterocycles. The first-order valence-electron chi connectivity index (χ1n) is 15.3. The molecule has 0 atom stereocenters. The van der Waals surface area contributed by atoms with Gasteiger partial charge >= 0.3 is 0 Å². The van der Waals surface area contributed by atoms with E-state index in [0.717, 1.165) is 45.3 Å². The Morgan fingerprint density at radius 1 is 0.348 bits per heavy atom. The summed E-state index contributed by atoms with van der Waals surface area (Å²) >= 11 is 0. The van der Waals surface area contributed by atoms with Gasteiger partial charge in [0.1, 0.15) is 0 Å². The molecule has 0 aliphatic rings. The quantitative estimate of drug-likeness (QED) is 0.171.